The largest absolute Gasteiger partial charge is 0.465 e. The van der Waals surface area contributed by atoms with E-state index in [0.717, 1.165) is 37.0 Å². The molecule has 8 heteroatoms. The van der Waals surface area contributed by atoms with E-state index in [2.05, 4.69) is 39.6 Å². The van der Waals surface area contributed by atoms with Gasteiger partial charge < -0.3 is 20.9 Å². The molecule has 2 heterocycles. The van der Waals surface area contributed by atoms with E-state index in [-0.39, 0.29) is 0 Å². The van der Waals surface area contributed by atoms with Gasteiger partial charge in [-0.25, -0.2) is 14.8 Å². The average molecular weight is 424 g/mol. The van der Waals surface area contributed by atoms with Gasteiger partial charge in [-0.05, 0) is 63.9 Å². The number of ether oxygens (including phenoxy) is 1. The first-order valence-corrected chi connectivity index (χ1v) is 10.7. The molecule has 4 rings (SSSR count). The van der Waals surface area contributed by atoms with Gasteiger partial charge >= 0.3 is 6.09 Å². The second kappa shape index (κ2) is 8.17. The number of benzene rings is 1. The van der Waals surface area contributed by atoms with Gasteiger partial charge in [0.2, 0.25) is 5.88 Å². The highest BCUT2D eigenvalue weighted by atomic mass is 16.5. The Morgan fingerprint density at radius 2 is 1.87 bits per heavy atom. The fourth-order valence-corrected chi connectivity index (χ4v) is 4.53. The molecule has 4 N–H and O–H groups in total. The summed E-state index contributed by atoms with van der Waals surface area (Å²) < 4.78 is 6.14. The summed E-state index contributed by atoms with van der Waals surface area (Å²) in [5, 5.41) is 11.3. The normalized spacial score (nSPS) is 22.1. The van der Waals surface area contributed by atoms with Crippen molar-refractivity contribution in [3.8, 4) is 5.88 Å². The molecule has 1 fully saturated rings. The summed E-state index contributed by atoms with van der Waals surface area (Å²) in [5.74, 6) is 2.23. The van der Waals surface area contributed by atoms with E-state index >= 15 is 0 Å². The number of amides is 1. The van der Waals surface area contributed by atoms with Gasteiger partial charge in [-0.1, -0.05) is 24.3 Å². The van der Waals surface area contributed by atoms with Crippen molar-refractivity contribution in [1.82, 2.24) is 15.3 Å². The van der Waals surface area contributed by atoms with Crippen molar-refractivity contribution in [2.45, 2.75) is 58.0 Å². The molecule has 1 aliphatic carbocycles. The number of nitrogens with two attached hydrogens (primary N) is 1. The van der Waals surface area contributed by atoms with E-state index in [0.29, 0.717) is 41.6 Å². The van der Waals surface area contributed by atoms with E-state index in [1.807, 2.05) is 13.8 Å². The van der Waals surface area contributed by atoms with Crippen LogP contribution in [0, 0.1) is 12.8 Å². The predicted molar refractivity (Wildman–Crippen MR) is 119 cm³/mol. The summed E-state index contributed by atoms with van der Waals surface area (Å²) in [7, 11) is 0. The molecule has 2 aliphatic rings. The molecule has 1 aromatic carbocycles. The molecule has 8 nitrogen and oxygen atoms in total. The smallest absolute Gasteiger partial charge is 0.404 e. The summed E-state index contributed by atoms with van der Waals surface area (Å²) in [5.41, 5.74) is 9.00. The SMILES string of the molecule is Cc1nc(N)c2c(n1)OC(C)(C)C(c1ccc([C@H]3CC[C@H](CNC(=O)O)CC3)cc1)=N2. The molecule has 1 saturated carbocycles. The van der Waals surface area contributed by atoms with E-state index in [9.17, 15) is 4.79 Å². The van der Waals surface area contributed by atoms with E-state index in [4.69, 9.17) is 20.6 Å². The van der Waals surface area contributed by atoms with Crippen molar-refractivity contribution in [2.75, 3.05) is 12.3 Å². The van der Waals surface area contributed by atoms with Crippen LogP contribution in [0.25, 0.3) is 0 Å². The van der Waals surface area contributed by atoms with Crippen LogP contribution in [0.5, 0.6) is 5.88 Å². The van der Waals surface area contributed by atoms with E-state index < -0.39 is 11.7 Å². The zero-order valence-electron chi connectivity index (χ0n) is 18.2. The maximum Gasteiger partial charge on any atom is 0.404 e. The summed E-state index contributed by atoms with van der Waals surface area (Å²) in [4.78, 5) is 24.0. The lowest BCUT2D eigenvalue weighted by atomic mass is 9.78. The van der Waals surface area contributed by atoms with Crippen molar-refractivity contribution < 1.29 is 14.6 Å². The molecule has 0 atom stereocenters. The second-order valence-electron chi connectivity index (χ2n) is 8.91. The number of nitrogens with zero attached hydrogens (tertiary/aromatic N) is 3. The third kappa shape index (κ3) is 4.47. The maximum atomic E-state index is 10.7. The lowest BCUT2D eigenvalue weighted by Gasteiger charge is -2.32. The molecular weight excluding hydrogens is 394 g/mol. The van der Waals surface area contributed by atoms with E-state index in [1.165, 1.54) is 5.56 Å². The number of aryl methyl sites for hydroxylation is 1. The minimum Gasteiger partial charge on any atom is -0.465 e. The number of aliphatic imine (C=N–C) groups is 1. The lowest BCUT2D eigenvalue weighted by molar-refractivity contribution is 0.171. The number of rotatable bonds is 4. The first kappa shape index (κ1) is 21.1. The molecule has 164 valence electrons. The minimum atomic E-state index is -0.943. The van der Waals surface area contributed by atoms with Gasteiger partial charge in [0, 0.05) is 12.1 Å². The van der Waals surface area contributed by atoms with Gasteiger partial charge in [0.05, 0.1) is 5.71 Å². The number of fused-ring (bicyclic) bond motifs is 1. The molecular formula is C23H29N5O3. The number of nitrogen functional groups attached to an aromatic ring is 1. The van der Waals surface area contributed by atoms with Gasteiger partial charge in [0.1, 0.15) is 11.4 Å². The Hall–Kier alpha value is -3.16. The molecule has 0 saturated heterocycles. The standard InChI is InChI=1S/C23H29N5O3/c1-13-26-20(24)18-21(27-13)31-23(2,3)19(28-18)17-10-8-16(9-11-17)15-6-4-14(5-7-15)12-25-22(29)30/h8-11,14-15,25H,4-7,12H2,1-3H3,(H,29,30)(H2,24,26,27)/t14-,15-. The molecule has 0 radical (unpaired) electrons. The number of nitrogens with one attached hydrogen (secondary N) is 1. The Morgan fingerprint density at radius 3 is 2.52 bits per heavy atom. The fourth-order valence-electron chi connectivity index (χ4n) is 4.53. The number of hydrogen-bond acceptors (Lipinski definition) is 6. The topological polar surface area (TPSA) is 123 Å². The number of hydrogen-bond donors (Lipinski definition) is 3. The Bertz CT molecular complexity index is 1010. The van der Waals surface area contributed by atoms with Gasteiger partial charge in [-0.2, -0.15) is 4.98 Å². The van der Waals surface area contributed by atoms with Crippen molar-refractivity contribution in [3.05, 3.63) is 41.2 Å². The van der Waals surface area contributed by atoms with Crippen LogP contribution in [0.4, 0.5) is 16.3 Å². The first-order chi connectivity index (χ1) is 14.7. The predicted octanol–water partition coefficient (Wildman–Crippen LogP) is 4.20. The molecule has 0 unspecified atom stereocenters. The highest BCUT2D eigenvalue weighted by Crippen LogP contribution is 2.40. The highest BCUT2D eigenvalue weighted by Gasteiger charge is 2.35. The van der Waals surface area contributed by atoms with Crippen LogP contribution in [0.2, 0.25) is 0 Å². The molecule has 1 aliphatic heterocycles. The van der Waals surface area contributed by atoms with Crippen LogP contribution in [0.15, 0.2) is 29.3 Å². The minimum absolute atomic E-state index is 0.321. The van der Waals surface area contributed by atoms with Crippen LogP contribution in [0.1, 0.15) is 62.4 Å². The molecule has 1 amide bonds. The summed E-state index contributed by atoms with van der Waals surface area (Å²) in [6.07, 6.45) is 3.27. The zero-order valence-corrected chi connectivity index (χ0v) is 18.2. The Morgan fingerprint density at radius 1 is 1.19 bits per heavy atom. The zero-order chi connectivity index (χ0) is 22.2. The molecule has 2 aromatic rings. The van der Waals surface area contributed by atoms with Crippen LogP contribution in [0.3, 0.4) is 0 Å². The quantitative estimate of drug-likeness (QED) is 0.677. The molecule has 31 heavy (non-hydrogen) atoms. The summed E-state index contributed by atoms with van der Waals surface area (Å²) >= 11 is 0. The van der Waals surface area contributed by atoms with Crippen molar-refractivity contribution in [3.63, 3.8) is 0 Å². The molecule has 0 bridgehead atoms. The van der Waals surface area contributed by atoms with Crippen molar-refractivity contribution in [1.29, 1.82) is 0 Å². The third-order valence-electron chi connectivity index (χ3n) is 6.18. The van der Waals surface area contributed by atoms with Crippen molar-refractivity contribution >= 4 is 23.3 Å². The summed E-state index contributed by atoms with van der Waals surface area (Å²) in [6, 6.07) is 8.51. The number of carboxylic acid groups (broad SMARTS) is 1. The summed E-state index contributed by atoms with van der Waals surface area (Å²) in [6.45, 7) is 6.27. The Labute approximate surface area is 182 Å². The van der Waals surface area contributed by atoms with E-state index in [1.54, 1.807) is 6.92 Å². The number of carbonyl (C=O) groups is 1. The number of aromatic nitrogens is 2. The second-order valence-corrected chi connectivity index (χ2v) is 8.91. The first-order valence-electron chi connectivity index (χ1n) is 10.7. The third-order valence-corrected chi connectivity index (χ3v) is 6.18. The monoisotopic (exact) mass is 423 g/mol. The van der Waals surface area contributed by atoms with Gasteiger partial charge in [0.25, 0.3) is 0 Å². The molecule has 1 aromatic heterocycles. The highest BCUT2D eigenvalue weighted by molar-refractivity contribution is 6.09. The molecule has 0 spiro atoms. The van der Waals surface area contributed by atoms with Crippen LogP contribution in [-0.4, -0.2) is 39.0 Å². The maximum absolute atomic E-state index is 10.7. The van der Waals surface area contributed by atoms with Crippen molar-refractivity contribution in [2.24, 2.45) is 10.9 Å². The van der Waals surface area contributed by atoms with Crippen LogP contribution >= 0.6 is 0 Å². The Kier molecular flexibility index (Phi) is 5.56. The van der Waals surface area contributed by atoms with Gasteiger partial charge in [-0.3, -0.25) is 0 Å². The van der Waals surface area contributed by atoms with Gasteiger partial charge in [0.15, 0.2) is 11.5 Å². The number of anilines is 1. The van der Waals surface area contributed by atoms with Crippen LogP contribution < -0.4 is 15.8 Å². The van der Waals surface area contributed by atoms with Crippen LogP contribution in [-0.2, 0) is 0 Å². The Balaban J connectivity index is 1.50. The lowest BCUT2D eigenvalue weighted by Crippen LogP contribution is -2.41. The average Bonchev–Trinajstić information content (AvgIpc) is 2.71. The van der Waals surface area contributed by atoms with Gasteiger partial charge in [-0.15, -0.1) is 0 Å². The fraction of sp³-hybridized carbons (Fsp3) is 0.478.